The number of aromatic nitrogens is 3. The molecule has 5 nitrogen and oxygen atoms in total. The maximum Gasteiger partial charge on any atom is 0.253 e. The van der Waals surface area contributed by atoms with Crippen molar-refractivity contribution in [2.45, 2.75) is 19.5 Å². The zero-order valence-corrected chi connectivity index (χ0v) is 18.9. The summed E-state index contributed by atoms with van der Waals surface area (Å²) in [4.78, 5) is 20.0. The molecule has 0 unspecified atom stereocenters. The minimum atomic E-state index is -0.193. The van der Waals surface area contributed by atoms with Gasteiger partial charge in [0.15, 0.2) is 0 Å². The van der Waals surface area contributed by atoms with Gasteiger partial charge in [0.1, 0.15) is 0 Å². The molecular formula is C27H23ClN4O. The number of halogens is 1. The number of anilines is 1. The van der Waals surface area contributed by atoms with Gasteiger partial charge in [-0.25, -0.2) is 4.98 Å². The summed E-state index contributed by atoms with van der Waals surface area (Å²) in [5, 5.41) is 5.01. The van der Waals surface area contributed by atoms with Crippen molar-refractivity contribution in [2.75, 3.05) is 5.32 Å². The lowest BCUT2D eigenvalue weighted by atomic mass is 10.1. The van der Waals surface area contributed by atoms with Crippen LogP contribution >= 0.6 is 11.6 Å². The monoisotopic (exact) mass is 454 g/mol. The molecule has 6 heteroatoms. The van der Waals surface area contributed by atoms with Crippen molar-refractivity contribution in [1.82, 2.24) is 14.5 Å². The zero-order valence-electron chi connectivity index (χ0n) is 18.1. The second-order valence-electron chi connectivity index (χ2n) is 8.12. The number of hydrogen-bond donors (Lipinski definition) is 2. The Balaban J connectivity index is 1.41. The number of fused-ring (bicyclic) bond motifs is 1. The molecule has 33 heavy (non-hydrogen) atoms. The molecule has 0 bridgehead atoms. The summed E-state index contributed by atoms with van der Waals surface area (Å²) >= 11 is 6.14. The number of imidazole rings is 1. The van der Waals surface area contributed by atoms with Crippen LogP contribution < -0.4 is 10.9 Å². The van der Waals surface area contributed by atoms with E-state index in [1.165, 1.54) is 5.56 Å². The van der Waals surface area contributed by atoms with Crippen molar-refractivity contribution in [1.29, 1.82) is 0 Å². The first-order valence-electron chi connectivity index (χ1n) is 10.8. The first kappa shape index (κ1) is 21.0. The number of rotatable bonds is 6. The van der Waals surface area contributed by atoms with E-state index in [1.807, 2.05) is 68.0 Å². The summed E-state index contributed by atoms with van der Waals surface area (Å²) in [7, 11) is 0. The second-order valence-corrected chi connectivity index (χ2v) is 8.56. The van der Waals surface area contributed by atoms with E-state index < -0.39 is 0 Å². The molecule has 3 aromatic carbocycles. The van der Waals surface area contributed by atoms with Crippen LogP contribution in [0.4, 0.5) is 5.69 Å². The van der Waals surface area contributed by atoms with Crippen molar-refractivity contribution >= 4 is 28.2 Å². The highest BCUT2D eigenvalue weighted by Gasteiger charge is 2.13. The highest BCUT2D eigenvalue weighted by atomic mass is 35.5. The third-order valence-electron chi connectivity index (χ3n) is 5.75. The predicted octanol–water partition coefficient (Wildman–Crippen LogP) is 6.27. The van der Waals surface area contributed by atoms with Crippen LogP contribution in [0.15, 0.2) is 96.2 Å². The molecule has 0 aliphatic carbocycles. The van der Waals surface area contributed by atoms with Crippen molar-refractivity contribution < 1.29 is 0 Å². The van der Waals surface area contributed by atoms with Gasteiger partial charge in [-0.2, -0.15) is 0 Å². The standard InChI is InChI=1S/C27H23ClN4O/c1-18(24-14-21-12-22(28)10-11-25(21)31-27(24)33)30-23-9-5-8-20(13-23)26-15-29-17-32(26)16-19-6-3-2-4-7-19/h2-15,17-18,30H,16H2,1H3,(H,31,33)/t18-/m0/s1. The summed E-state index contributed by atoms with van der Waals surface area (Å²) in [6.45, 7) is 2.73. The summed E-state index contributed by atoms with van der Waals surface area (Å²) in [6.07, 6.45) is 3.73. The van der Waals surface area contributed by atoms with E-state index in [0.29, 0.717) is 10.6 Å². The van der Waals surface area contributed by atoms with Crippen LogP contribution in [0.1, 0.15) is 24.1 Å². The third-order valence-corrected chi connectivity index (χ3v) is 5.99. The average Bonchev–Trinajstić information content (AvgIpc) is 3.28. The molecule has 0 radical (unpaired) electrons. The molecule has 0 saturated heterocycles. The van der Waals surface area contributed by atoms with E-state index in [4.69, 9.17) is 11.6 Å². The van der Waals surface area contributed by atoms with Gasteiger partial charge in [-0.05, 0) is 48.9 Å². The van der Waals surface area contributed by atoms with Crippen molar-refractivity contribution in [3.8, 4) is 11.3 Å². The zero-order chi connectivity index (χ0) is 22.8. The van der Waals surface area contributed by atoms with Gasteiger partial charge in [0.2, 0.25) is 0 Å². The van der Waals surface area contributed by atoms with Gasteiger partial charge in [-0.15, -0.1) is 0 Å². The van der Waals surface area contributed by atoms with Crippen LogP contribution in [0.25, 0.3) is 22.2 Å². The lowest BCUT2D eigenvalue weighted by Crippen LogP contribution is -2.19. The van der Waals surface area contributed by atoms with Gasteiger partial charge < -0.3 is 14.9 Å². The number of H-pyrrole nitrogens is 1. The Labute approximate surface area is 196 Å². The Morgan fingerprint density at radius 1 is 1.03 bits per heavy atom. The molecule has 0 amide bonds. The lowest BCUT2D eigenvalue weighted by Gasteiger charge is -2.17. The fraction of sp³-hybridized carbons (Fsp3) is 0.111. The molecule has 0 aliphatic rings. The van der Waals surface area contributed by atoms with Crippen LogP contribution in [-0.4, -0.2) is 14.5 Å². The van der Waals surface area contributed by atoms with Crippen molar-refractivity contribution in [2.24, 2.45) is 0 Å². The largest absolute Gasteiger partial charge is 0.378 e. The molecule has 5 aromatic rings. The van der Waals surface area contributed by atoms with E-state index in [9.17, 15) is 4.79 Å². The predicted molar refractivity (Wildman–Crippen MR) is 135 cm³/mol. The molecule has 2 N–H and O–H groups in total. The highest BCUT2D eigenvalue weighted by molar-refractivity contribution is 6.31. The van der Waals surface area contributed by atoms with Crippen LogP contribution in [0, 0.1) is 0 Å². The number of pyridine rings is 1. The number of hydrogen-bond acceptors (Lipinski definition) is 3. The SMILES string of the molecule is C[C@H](Nc1cccc(-c2cncn2Cc2ccccc2)c1)c1cc2cc(Cl)ccc2[nH]c1=O. The van der Waals surface area contributed by atoms with Crippen LogP contribution in [0.2, 0.25) is 5.02 Å². The summed E-state index contributed by atoms with van der Waals surface area (Å²) < 4.78 is 2.13. The molecule has 0 aliphatic heterocycles. The van der Waals surface area contributed by atoms with E-state index in [1.54, 1.807) is 6.07 Å². The lowest BCUT2D eigenvalue weighted by molar-refractivity contribution is 0.805. The van der Waals surface area contributed by atoms with E-state index >= 15 is 0 Å². The quantitative estimate of drug-likeness (QED) is 0.318. The second kappa shape index (κ2) is 8.96. The number of nitrogens with one attached hydrogen (secondary N) is 2. The molecule has 2 aromatic heterocycles. The molecule has 0 saturated carbocycles. The molecule has 5 rings (SSSR count). The van der Waals surface area contributed by atoms with E-state index in [2.05, 4.69) is 44.1 Å². The van der Waals surface area contributed by atoms with Crippen LogP contribution in [0.5, 0.6) is 0 Å². The average molecular weight is 455 g/mol. The Bertz CT molecular complexity index is 1470. The van der Waals surface area contributed by atoms with Gasteiger partial charge in [-0.3, -0.25) is 4.79 Å². The third kappa shape index (κ3) is 4.54. The fourth-order valence-corrected chi connectivity index (χ4v) is 4.26. The Morgan fingerprint density at radius 2 is 1.88 bits per heavy atom. The number of benzene rings is 3. The van der Waals surface area contributed by atoms with Gasteiger partial charge in [0.25, 0.3) is 5.56 Å². The van der Waals surface area contributed by atoms with E-state index in [-0.39, 0.29) is 11.6 Å². The number of nitrogens with zero attached hydrogens (tertiary/aromatic N) is 2. The smallest absolute Gasteiger partial charge is 0.253 e. The van der Waals surface area contributed by atoms with Gasteiger partial charge in [0, 0.05) is 39.3 Å². The van der Waals surface area contributed by atoms with Crippen LogP contribution in [-0.2, 0) is 6.54 Å². The minimum absolute atomic E-state index is 0.109. The molecule has 1 atom stereocenters. The highest BCUT2D eigenvalue weighted by Crippen LogP contribution is 2.26. The van der Waals surface area contributed by atoms with E-state index in [0.717, 1.165) is 34.4 Å². The maximum atomic E-state index is 12.7. The molecular weight excluding hydrogens is 432 g/mol. The molecule has 0 spiro atoms. The van der Waals surface area contributed by atoms with Crippen LogP contribution in [0.3, 0.4) is 0 Å². The first-order valence-corrected chi connectivity index (χ1v) is 11.2. The maximum absolute atomic E-state index is 12.7. The van der Waals surface area contributed by atoms with Gasteiger partial charge in [0.05, 0.1) is 24.3 Å². The minimum Gasteiger partial charge on any atom is -0.378 e. The summed E-state index contributed by atoms with van der Waals surface area (Å²) in [5.74, 6) is 0. The van der Waals surface area contributed by atoms with Gasteiger partial charge >= 0.3 is 0 Å². The Hall–Kier alpha value is -3.83. The first-order chi connectivity index (χ1) is 16.1. The summed E-state index contributed by atoms with van der Waals surface area (Å²) in [6, 6.07) is 25.6. The topological polar surface area (TPSA) is 62.7 Å². The Kier molecular flexibility index (Phi) is 5.71. The summed E-state index contributed by atoms with van der Waals surface area (Å²) in [5.41, 5.74) is 5.56. The molecule has 164 valence electrons. The Morgan fingerprint density at radius 3 is 2.73 bits per heavy atom. The fourth-order valence-electron chi connectivity index (χ4n) is 4.08. The number of aromatic amines is 1. The molecule has 2 heterocycles. The van der Waals surface area contributed by atoms with Crippen molar-refractivity contribution in [3.63, 3.8) is 0 Å². The van der Waals surface area contributed by atoms with Gasteiger partial charge in [-0.1, -0.05) is 54.1 Å². The normalized spacial score (nSPS) is 12.1. The molecule has 0 fully saturated rings. The van der Waals surface area contributed by atoms with Crippen molar-refractivity contribution in [3.05, 3.63) is 118 Å².